The monoisotopic (exact) mass is 289 g/mol. The molecule has 0 spiro atoms. The van der Waals surface area contributed by atoms with Gasteiger partial charge >= 0.3 is 0 Å². The Morgan fingerprint density at radius 3 is 2.52 bits per heavy atom. The second kappa shape index (κ2) is 7.32. The van der Waals surface area contributed by atoms with Gasteiger partial charge in [-0.25, -0.2) is 8.78 Å². The molecule has 1 N–H and O–H groups in total. The summed E-state index contributed by atoms with van der Waals surface area (Å²) in [4.78, 5) is 0. The molecular formula is C18H21F2N. The first kappa shape index (κ1) is 15.6. The summed E-state index contributed by atoms with van der Waals surface area (Å²) in [5.41, 5.74) is 2.51. The van der Waals surface area contributed by atoms with E-state index in [1.54, 1.807) is 12.1 Å². The van der Waals surface area contributed by atoms with Crippen molar-refractivity contribution in [2.24, 2.45) is 0 Å². The molecule has 0 fully saturated rings. The zero-order chi connectivity index (χ0) is 15.2. The van der Waals surface area contributed by atoms with E-state index >= 15 is 0 Å². The van der Waals surface area contributed by atoms with E-state index in [-0.39, 0.29) is 6.04 Å². The van der Waals surface area contributed by atoms with Crippen molar-refractivity contribution >= 4 is 0 Å². The average Bonchev–Trinajstić information content (AvgIpc) is 2.52. The lowest BCUT2D eigenvalue weighted by Gasteiger charge is -2.21. The van der Waals surface area contributed by atoms with Crippen molar-refractivity contribution in [1.82, 2.24) is 5.32 Å². The van der Waals surface area contributed by atoms with Crippen LogP contribution < -0.4 is 5.32 Å². The number of rotatable bonds is 6. The molecule has 0 aliphatic carbocycles. The Hall–Kier alpha value is -1.74. The summed E-state index contributed by atoms with van der Waals surface area (Å²) in [5.74, 6) is -1.57. The lowest BCUT2D eigenvalue weighted by molar-refractivity contribution is 0.480. The van der Waals surface area contributed by atoms with Gasteiger partial charge in [-0.05, 0) is 36.6 Å². The molecule has 2 aromatic rings. The molecular weight excluding hydrogens is 268 g/mol. The second-order valence-corrected chi connectivity index (χ2v) is 5.13. The fraction of sp³-hybridized carbons (Fsp3) is 0.333. The standard InChI is InChI=1S/C18H21F2N/c1-3-11-21-18(14-8-5-7-13(4-2)12-14)15-9-6-10-16(19)17(15)20/h5-10,12,18,21H,3-4,11H2,1-2H3. The first-order valence-electron chi connectivity index (χ1n) is 7.43. The average molecular weight is 289 g/mol. The van der Waals surface area contributed by atoms with Gasteiger partial charge in [0.1, 0.15) is 0 Å². The van der Waals surface area contributed by atoms with Crippen LogP contribution >= 0.6 is 0 Å². The first-order valence-corrected chi connectivity index (χ1v) is 7.43. The Bertz CT molecular complexity index is 596. The van der Waals surface area contributed by atoms with Crippen LogP contribution in [0, 0.1) is 11.6 Å². The number of aryl methyl sites for hydroxylation is 1. The Morgan fingerprint density at radius 1 is 1.05 bits per heavy atom. The third-order valence-corrected chi connectivity index (χ3v) is 3.58. The highest BCUT2D eigenvalue weighted by molar-refractivity contribution is 5.35. The van der Waals surface area contributed by atoms with Gasteiger partial charge in [0.05, 0.1) is 6.04 Å². The van der Waals surface area contributed by atoms with Crippen LogP contribution in [0.3, 0.4) is 0 Å². The topological polar surface area (TPSA) is 12.0 Å². The van der Waals surface area contributed by atoms with Crippen molar-refractivity contribution in [3.63, 3.8) is 0 Å². The molecule has 0 amide bonds. The quantitative estimate of drug-likeness (QED) is 0.818. The molecule has 2 rings (SSSR count). The van der Waals surface area contributed by atoms with E-state index in [0.717, 1.165) is 31.0 Å². The largest absolute Gasteiger partial charge is 0.306 e. The Morgan fingerprint density at radius 2 is 1.81 bits per heavy atom. The summed E-state index contributed by atoms with van der Waals surface area (Å²) in [6.07, 6.45) is 1.85. The predicted octanol–water partition coefficient (Wildman–Crippen LogP) is 4.62. The lowest BCUT2D eigenvalue weighted by Crippen LogP contribution is -2.24. The van der Waals surface area contributed by atoms with Crippen LogP contribution in [0.25, 0.3) is 0 Å². The van der Waals surface area contributed by atoms with Gasteiger partial charge < -0.3 is 5.32 Å². The van der Waals surface area contributed by atoms with Crippen molar-refractivity contribution in [2.75, 3.05) is 6.54 Å². The van der Waals surface area contributed by atoms with Crippen LogP contribution in [0.5, 0.6) is 0 Å². The maximum atomic E-state index is 14.1. The Labute approximate surface area is 125 Å². The molecule has 0 radical (unpaired) electrons. The van der Waals surface area contributed by atoms with Gasteiger partial charge in [0.15, 0.2) is 11.6 Å². The molecule has 0 aromatic heterocycles. The molecule has 3 heteroatoms. The predicted molar refractivity (Wildman–Crippen MR) is 82.3 cm³/mol. The van der Waals surface area contributed by atoms with E-state index < -0.39 is 11.6 Å². The highest BCUT2D eigenvalue weighted by Crippen LogP contribution is 2.26. The van der Waals surface area contributed by atoms with E-state index in [4.69, 9.17) is 0 Å². The SMILES string of the molecule is CCCNC(c1cccc(CC)c1)c1cccc(F)c1F. The van der Waals surface area contributed by atoms with E-state index in [2.05, 4.69) is 25.2 Å². The van der Waals surface area contributed by atoms with E-state index in [1.165, 1.54) is 5.56 Å². The third-order valence-electron chi connectivity index (χ3n) is 3.58. The fourth-order valence-corrected chi connectivity index (χ4v) is 2.43. The van der Waals surface area contributed by atoms with Gasteiger partial charge in [0.25, 0.3) is 0 Å². The summed E-state index contributed by atoms with van der Waals surface area (Å²) >= 11 is 0. The zero-order valence-electron chi connectivity index (χ0n) is 12.5. The number of benzene rings is 2. The van der Waals surface area contributed by atoms with Crippen molar-refractivity contribution in [3.05, 3.63) is 70.8 Å². The minimum atomic E-state index is -0.803. The number of hydrogen-bond acceptors (Lipinski definition) is 1. The van der Waals surface area contributed by atoms with E-state index in [9.17, 15) is 8.78 Å². The summed E-state index contributed by atoms with van der Waals surface area (Å²) in [5, 5.41) is 3.31. The van der Waals surface area contributed by atoms with Crippen LogP contribution in [-0.4, -0.2) is 6.54 Å². The number of hydrogen-bond donors (Lipinski definition) is 1. The maximum Gasteiger partial charge on any atom is 0.163 e. The maximum absolute atomic E-state index is 14.1. The molecule has 0 aliphatic heterocycles. The molecule has 0 saturated carbocycles. The van der Waals surface area contributed by atoms with Crippen molar-refractivity contribution < 1.29 is 8.78 Å². The highest BCUT2D eigenvalue weighted by atomic mass is 19.2. The molecule has 0 saturated heterocycles. The van der Waals surface area contributed by atoms with Crippen LogP contribution in [0.1, 0.15) is 43.0 Å². The molecule has 112 valence electrons. The van der Waals surface area contributed by atoms with Crippen LogP contribution in [-0.2, 0) is 6.42 Å². The van der Waals surface area contributed by atoms with Crippen molar-refractivity contribution in [1.29, 1.82) is 0 Å². The molecule has 2 aromatic carbocycles. The zero-order valence-corrected chi connectivity index (χ0v) is 12.5. The summed E-state index contributed by atoms with van der Waals surface area (Å²) < 4.78 is 27.7. The first-order chi connectivity index (χ1) is 10.2. The summed E-state index contributed by atoms with van der Waals surface area (Å²) in [6, 6.07) is 12.0. The molecule has 1 unspecified atom stereocenters. The smallest absolute Gasteiger partial charge is 0.163 e. The van der Waals surface area contributed by atoms with Gasteiger partial charge in [0, 0.05) is 5.56 Å². The van der Waals surface area contributed by atoms with Crippen LogP contribution in [0.4, 0.5) is 8.78 Å². The Balaban J connectivity index is 2.44. The Kier molecular flexibility index (Phi) is 5.45. The van der Waals surface area contributed by atoms with E-state index in [1.807, 2.05) is 18.2 Å². The summed E-state index contributed by atoms with van der Waals surface area (Å²) in [6.45, 7) is 4.88. The number of halogens is 2. The van der Waals surface area contributed by atoms with Gasteiger partial charge in [0.2, 0.25) is 0 Å². The lowest BCUT2D eigenvalue weighted by atomic mass is 9.96. The highest BCUT2D eigenvalue weighted by Gasteiger charge is 2.19. The van der Waals surface area contributed by atoms with Crippen molar-refractivity contribution in [3.8, 4) is 0 Å². The molecule has 0 heterocycles. The second-order valence-electron chi connectivity index (χ2n) is 5.13. The molecule has 1 nitrogen and oxygen atoms in total. The van der Waals surface area contributed by atoms with Crippen LogP contribution in [0.2, 0.25) is 0 Å². The van der Waals surface area contributed by atoms with E-state index in [0.29, 0.717) is 5.56 Å². The summed E-state index contributed by atoms with van der Waals surface area (Å²) in [7, 11) is 0. The molecule has 0 bridgehead atoms. The molecule has 21 heavy (non-hydrogen) atoms. The minimum absolute atomic E-state index is 0.327. The van der Waals surface area contributed by atoms with Crippen LogP contribution in [0.15, 0.2) is 42.5 Å². The number of nitrogens with one attached hydrogen (secondary N) is 1. The normalized spacial score (nSPS) is 12.4. The third kappa shape index (κ3) is 3.67. The molecule has 1 atom stereocenters. The fourth-order valence-electron chi connectivity index (χ4n) is 2.43. The van der Waals surface area contributed by atoms with Crippen molar-refractivity contribution in [2.45, 2.75) is 32.7 Å². The van der Waals surface area contributed by atoms with Gasteiger partial charge in [-0.15, -0.1) is 0 Å². The minimum Gasteiger partial charge on any atom is -0.306 e. The molecule has 0 aliphatic rings. The van der Waals surface area contributed by atoms with Gasteiger partial charge in [-0.3, -0.25) is 0 Å². The van der Waals surface area contributed by atoms with Gasteiger partial charge in [-0.1, -0.05) is 50.2 Å². The van der Waals surface area contributed by atoms with Gasteiger partial charge in [-0.2, -0.15) is 0 Å².